The van der Waals surface area contributed by atoms with E-state index in [4.69, 9.17) is 9.47 Å². The highest BCUT2D eigenvalue weighted by Crippen LogP contribution is 2.25. The van der Waals surface area contributed by atoms with Gasteiger partial charge in [0.25, 0.3) is 0 Å². The maximum absolute atomic E-state index is 12.9. The number of carbonyl (C=O) groups excluding carboxylic acids is 3. The molecule has 1 amide bonds. The molecule has 0 radical (unpaired) electrons. The summed E-state index contributed by atoms with van der Waals surface area (Å²) in [6, 6.07) is 12.1. The third kappa shape index (κ3) is 5.07. The maximum Gasteiger partial charge on any atom is 0.347 e. The molecule has 3 rings (SSSR count). The van der Waals surface area contributed by atoms with Gasteiger partial charge in [0.05, 0.1) is 17.9 Å². The fraction of sp³-hybridized carbons (Fsp3) is 0.211. The van der Waals surface area contributed by atoms with E-state index in [9.17, 15) is 18.8 Å². The summed E-state index contributed by atoms with van der Waals surface area (Å²) in [6.07, 6.45) is -0.558. The summed E-state index contributed by atoms with van der Waals surface area (Å²) in [5.41, 5.74) is 0.756. The number of cyclic esters (lactones) is 1. The molecule has 8 heteroatoms. The van der Waals surface area contributed by atoms with Gasteiger partial charge in [-0.25, -0.2) is 14.0 Å². The number of thioether (sulfide) groups is 1. The van der Waals surface area contributed by atoms with Crippen molar-refractivity contribution in [3.63, 3.8) is 0 Å². The molecule has 6 nitrogen and oxygen atoms in total. The molecule has 1 aliphatic heterocycles. The zero-order chi connectivity index (χ0) is 19.2. The SMILES string of the molecule is O=C(CSc1ccccc1C(=O)O[C@H]1CCOC1=O)Nc1ccc(F)cc1. The maximum atomic E-state index is 12.9. The standard InChI is InChI=1S/C19H16FNO5S/c20-12-5-7-13(8-6-12)21-17(22)11-27-16-4-2-1-3-14(16)18(23)26-15-9-10-25-19(15)24/h1-8,15H,9-11H2,(H,21,22)/t15-/m0/s1. The largest absolute Gasteiger partial charge is 0.463 e. The monoisotopic (exact) mass is 389 g/mol. The van der Waals surface area contributed by atoms with E-state index in [1.165, 1.54) is 24.3 Å². The van der Waals surface area contributed by atoms with Gasteiger partial charge in [0.2, 0.25) is 12.0 Å². The minimum atomic E-state index is -0.891. The average Bonchev–Trinajstić information content (AvgIpc) is 3.07. The van der Waals surface area contributed by atoms with Gasteiger partial charge in [0.15, 0.2) is 0 Å². The summed E-state index contributed by atoms with van der Waals surface area (Å²) in [4.78, 5) is 36.4. The Hall–Kier alpha value is -2.87. The third-order valence-corrected chi connectivity index (χ3v) is 4.80. The Bertz CT molecular complexity index is 855. The van der Waals surface area contributed by atoms with Crippen LogP contribution in [0.4, 0.5) is 10.1 Å². The Morgan fingerprint density at radius 3 is 2.63 bits per heavy atom. The zero-order valence-corrected chi connectivity index (χ0v) is 15.0. The molecule has 2 aromatic rings. The van der Waals surface area contributed by atoms with Gasteiger partial charge in [0, 0.05) is 17.0 Å². The van der Waals surface area contributed by atoms with E-state index in [-0.39, 0.29) is 29.6 Å². The molecule has 0 aliphatic carbocycles. The van der Waals surface area contributed by atoms with Gasteiger partial charge in [-0.3, -0.25) is 4.79 Å². The van der Waals surface area contributed by atoms with Gasteiger partial charge in [-0.2, -0.15) is 0 Å². The second-order valence-electron chi connectivity index (χ2n) is 5.69. The molecule has 0 saturated carbocycles. The molecule has 1 atom stereocenters. The van der Waals surface area contributed by atoms with Gasteiger partial charge >= 0.3 is 11.9 Å². The van der Waals surface area contributed by atoms with Crippen molar-refractivity contribution in [3.05, 3.63) is 59.9 Å². The number of amides is 1. The number of carbonyl (C=O) groups is 3. The highest BCUT2D eigenvalue weighted by molar-refractivity contribution is 8.00. The van der Waals surface area contributed by atoms with Gasteiger partial charge < -0.3 is 14.8 Å². The summed E-state index contributed by atoms with van der Waals surface area (Å²) >= 11 is 1.16. The van der Waals surface area contributed by atoms with Crippen LogP contribution < -0.4 is 5.32 Å². The highest BCUT2D eigenvalue weighted by Gasteiger charge is 2.31. The number of benzene rings is 2. The first kappa shape index (κ1) is 18.9. The number of hydrogen-bond donors (Lipinski definition) is 1. The molecule has 0 spiro atoms. The van der Waals surface area contributed by atoms with Crippen molar-refractivity contribution in [3.8, 4) is 0 Å². The summed E-state index contributed by atoms with van der Waals surface area (Å²) < 4.78 is 22.9. The number of nitrogens with one attached hydrogen (secondary N) is 1. The van der Waals surface area contributed by atoms with Crippen molar-refractivity contribution < 1.29 is 28.2 Å². The van der Waals surface area contributed by atoms with Crippen LogP contribution in [0.2, 0.25) is 0 Å². The van der Waals surface area contributed by atoms with Gasteiger partial charge in [0.1, 0.15) is 5.82 Å². The number of anilines is 1. The zero-order valence-electron chi connectivity index (χ0n) is 14.1. The van der Waals surface area contributed by atoms with Crippen molar-refractivity contribution in [2.24, 2.45) is 0 Å². The van der Waals surface area contributed by atoms with Crippen molar-refractivity contribution in [2.75, 3.05) is 17.7 Å². The fourth-order valence-electron chi connectivity index (χ4n) is 2.41. The fourth-order valence-corrected chi connectivity index (χ4v) is 3.25. The molecule has 0 unspecified atom stereocenters. The van der Waals surface area contributed by atoms with Crippen LogP contribution >= 0.6 is 11.8 Å². The molecule has 2 aromatic carbocycles. The summed E-state index contributed by atoms with van der Waals surface area (Å²) in [7, 11) is 0. The molecule has 1 aliphatic rings. The first-order chi connectivity index (χ1) is 13.0. The molecule has 1 saturated heterocycles. The highest BCUT2D eigenvalue weighted by atomic mass is 32.2. The van der Waals surface area contributed by atoms with Crippen LogP contribution in [0.1, 0.15) is 16.8 Å². The average molecular weight is 389 g/mol. The van der Waals surface area contributed by atoms with Crippen LogP contribution in [-0.2, 0) is 19.1 Å². The lowest BCUT2D eigenvalue weighted by atomic mass is 10.2. The van der Waals surface area contributed by atoms with Gasteiger partial charge in [-0.15, -0.1) is 11.8 Å². The third-order valence-electron chi connectivity index (χ3n) is 3.73. The smallest absolute Gasteiger partial charge is 0.347 e. The Labute approximate surface area is 159 Å². The molecule has 1 fully saturated rings. The first-order valence-electron chi connectivity index (χ1n) is 8.18. The van der Waals surface area contributed by atoms with E-state index in [1.54, 1.807) is 24.3 Å². The number of rotatable bonds is 6. The van der Waals surface area contributed by atoms with Crippen molar-refractivity contribution in [1.82, 2.24) is 0 Å². The summed E-state index contributed by atoms with van der Waals surface area (Å²) in [5, 5.41) is 2.65. The van der Waals surface area contributed by atoms with E-state index in [0.29, 0.717) is 17.0 Å². The normalized spacial score (nSPS) is 15.9. The van der Waals surface area contributed by atoms with E-state index in [0.717, 1.165) is 11.8 Å². The molecule has 1 N–H and O–H groups in total. The number of esters is 2. The predicted molar refractivity (Wildman–Crippen MR) is 97.0 cm³/mol. The minimum absolute atomic E-state index is 0.0487. The number of ether oxygens (including phenoxy) is 2. The Morgan fingerprint density at radius 1 is 1.19 bits per heavy atom. The van der Waals surface area contributed by atoms with Crippen LogP contribution in [0, 0.1) is 5.82 Å². The lowest BCUT2D eigenvalue weighted by molar-refractivity contribution is -0.145. The molecule has 0 bridgehead atoms. The lowest BCUT2D eigenvalue weighted by Crippen LogP contribution is -2.23. The van der Waals surface area contributed by atoms with E-state index >= 15 is 0 Å². The summed E-state index contributed by atoms with van der Waals surface area (Å²) in [5.74, 6) is -1.82. The molecular weight excluding hydrogens is 373 g/mol. The van der Waals surface area contributed by atoms with Crippen LogP contribution in [0.25, 0.3) is 0 Å². The van der Waals surface area contributed by atoms with Crippen LogP contribution in [-0.4, -0.2) is 36.3 Å². The topological polar surface area (TPSA) is 81.7 Å². The molecule has 1 heterocycles. The second-order valence-corrected chi connectivity index (χ2v) is 6.71. The molecular formula is C19H16FNO5S. The van der Waals surface area contributed by atoms with Crippen molar-refractivity contribution in [2.45, 2.75) is 17.4 Å². The van der Waals surface area contributed by atoms with E-state index in [2.05, 4.69) is 5.32 Å². The lowest BCUT2D eigenvalue weighted by Gasteiger charge is -2.11. The van der Waals surface area contributed by atoms with Crippen molar-refractivity contribution in [1.29, 1.82) is 0 Å². The van der Waals surface area contributed by atoms with Crippen LogP contribution in [0.3, 0.4) is 0 Å². The van der Waals surface area contributed by atoms with Crippen LogP contribution in [0.15, 0.2) is 53.4 Å². The van der Waals surface area contributed by atoms with Gasteiger partial charge in [-0.1, -0.05) is 12.1 Å². The van der Waals surface area contributed by atoms with E-state index < -0.39 is 18.0 Å². The minimum Gasteiger partial charge on any atom is -0.463 e. The summed E-state index contributed by atoms with van der Waals surface area (Å²) in [6.45, 7) is 0.233. The predicted octanol–water partition coefficient (Wildman–Crippen LogP) is 3.03. The van der Waals surface area contributed by atoms with E-state index in [1.807, 2.05) is 0 Å². The Balaban J connectivity index is 1.60. The Kier molecular flexibility index (Phi) is 6.08. The van der Waals surface area contributed by atoms with Crippen LogP contribution in [0.5, 0.6) is 0 Å². The second kappa shape index (κ2) is 8.68. The first-order valence-corrected chi connectivity index (χ1v) is 9.16. The van der Waals surface area contributed by atoms with Crippen molar-refractivity contribution >= 4 is 35.3 Å². The molecule has 27 heavy (non-hydrogen) atoms. The quantitative estimate of drug-likeness (QED) is 0.604. The number of halogens is 1. The Morgan fingerprint density at radius 2 is 1.93 bits per heavy atom. The molecule has 140 valence electrons. The number of hydrogen-bond acceptors (Lipinski definition) is 6. The van der Waals surface area contributed by atoms with Gasteiger partial charge in [-0.05, 0) is 36.4 Å². The molecule has 0 aromatic heterocycles.